The van der Waals surface area contributed by atoms with Gasteiger partial charge in [-0.2, -0.15) is 5.10 Å². The molecule has 2 N–H and O–H groups in total. The molecule has 2 aromatic carbocycles. The van der Waals surface area contributed by atoms with Crippen LogP contribution < -0.4 is 15.6 Å². The third-order valence-corrected chi connectivity index (χ3v) is 5.68. The fourth-order valence-electron chi connectivity index (χ4n) is 4.23. The minimum atomic E-state index is 0.181. The van der Waals surface area contributed by atoms with Crippen LogP contribution in [0.15, 0.2) is 47.6 Å². The van der Waals surface area contributed by atoms with E-state index in [9.17, 15) is 0 Å². The summed E-state index contributed by atoms with van der Waals surface area (Å²) in [6.45, 7) is 12.4. The lowest BCUT2D eigenvalue weighted by atomic mass is 9.79. The maximum absolute atomic E-state index is 5.31. The van der Waals surface area contributed by atoms with Crippen LogP contribution in [0, 0.1) is 6.92 Å². The molecule has 5 heteroatoms. The predicted octanol–water partition coefficient (Wildman–Crippen LogP) is 5.43. The maximum Gasteiger partial charge on any atom is 0.191 e. The molecular formula is C23H30N4S. The van der Waals surface area contributed by atoms with Crippen molar-refractivity contribution in [3.8, 4) is 0 Å². The SMILES string of the molecule is CCN1c2cc(C)c(/C=N/NC(=S)Nc3ccccc3)cc2C(C)CC1(C)C. The van der Waals surface area contributed by atoms with E-state index in [1.165, 1.54) is 16.8 Å². The normalized spacial score (nSPS) is 18.0. The van der Waals surface area contributed by atoms with Gasteiger partial charge in [0.15, 0.2) is 5.11 Å². The van der Waals surface area contributed by atoms with E-state index in [-0.39, 0.29) is 5.54 Å². The molecule has 0 amide bonds. The summed E-state index contributed by atoms with van der Waals surface area (Å²) in [5, 5.41) is 7.95. The first-order chi connectivity index (χ1) is 13.3. The number of rotatable bonds is 4. The Balaban J connectivity index is 1.76. The fraction of sp³-hybridized carbons (Fsp3) is 0.391. The summed E-state index contributed by atoms with van der Waals surface area (Å²) in [5.74, 6) is 0.523. The van der Waals surface area contributed by atoms with Crippen LogP contribution in [-0.2, 0) is 0 Å². The second-order valence-electron chi connectivity index (χ2n) is 8.12. The van der Waals surface area contributed by atoms with E-state index in [4.69, 9.17) is 12.2 Å². The standard InChI is InChI=1S/C23H30N4S/c1-6-27-21-12-16(2)18(13-20(21)17(3)14-23(27,4)5)15-24-26-22(28)25-19-10-8-7-9-11-19/h7-13,15,17H,6,14H2,1-5H3,(H2,25,26,28)/b24-15+. The molecule has 3 rings (SSSR count). The van der Waals surface area contributed by atoms with Crippen LogP contribution in [0.1, 0.15) is 56.7 Å². The van der Waals surface area contributed by atoms with E-state index < -0.39 is 0 Å². The molecule has 0 spiro atoms. The minimum Gasteiger partial charge on any atom is -0.366 e. The number of para-hydroxylation sites is 1. The lowest BCUT2D eigenvalue weighted by Gasteiger charge is -2.47. The van der Waals surface area contributed by atoms with Gasteiger partial charge in [-0.15, -0.1) is 0 Å². The number of hydrogen-bond acceptors (Lipinski definition) is 3. The second kappa shape index (κ2) is 8.31. The molecule has 0 aromatic heterocycles. The van der Waals surface area contributed by atoms with Crippen LogP contribution >= 0.6 is 12.2 Å². The average molecular weight is 395 g/mol. The van der Waals surface area contributed by atoms with Gasteiger partial charge in [0.1, 0.15) is 0 Å². The monoisotopic (exact) mass is 394 g/mol. The van der Waals surface area contributed by atoms with Gasteiger partial charge >= 0.3 is 0 Å². The highest BCUT2D eigenvalue weighted by Crippen LogP contribution is 2.43. The highest BCUT2D eigenvalue weighted by Gasteiger charge is 2.35. The first-order valence-electron chi connectivity index (χ1n) is 9.89. The summed E-state index contributed by atoms with van der Waals surface area (Å²) in [7, 11) is 0. The summed E-state index contributed by atoms with van der Waals surface area (Å²) in [6, 6.07) is 14.4. The van der Waals surface area contributed by atoms with E-state index >= 15 is 0 Å². The van der Waals surface area contributed by atoms with Crippen molar-refractivity contribution < 1.29 is 0 Å². The zero-order valence-corrected chi connectivity index (χ0v) is 18.2. The van der Waals surface area contributed by atoms with Gasteiger partial charge in [-0.05, 0) is 93.2 Å². The van der Waals surface area contributed by atoms with Gasteiger partial charge in [-0.1, -0.05) is 25.1 Å². The molecule has 0 radical (unpaired) electrons. The largest absolute Gasteiger partial charge is 0.366 e. The van der Waals surface area contributed by atoms with Crippen LogP contribution in [0.5, 0.6) is 0 Å². The van der Waals surface area contributed by atoms with E-state index in [1.807, 2.05) is 36.5 Å². The van der Waals surface area contributed by atoms with Crippen LogP contribution in [0.25, 0.3) is 0 Å². The molecule has 148 valence electrons. The van der Waals surface area contributed by atoms with Crippen molar-refractivity contribution in [2.75, 3.05) is 16.8 Å². The Bertz CT molecular complexity index is 874. The number of aryl methyl sites for hydroxylation is 1. The van der Waals surface area contributed by atoms with Gasteiger partial charge in [-0.3, -0.25) is 5.43 Å². The molecule has 0 saturated heterocycles. The van der Waals surface area contributed by atoms with Crippen molar-refractivity contribution in [2.24, 2.45) is 5.10 Å². The Hall–Kier alpha value is -2.40. The Labute approximate surface area is 174 Å². The molecule has 1 aliphatic heterocycles. The van der Waals surface area contributed by atoms with E-state index in [1.54, 1.807) is 0 Å². The van der Waals surface area contributed by atoms with E-state index in [2.05, 4.69) is 67.5 Å². The third-order valence-electron chi connectivity index (χ3n) is 5.49. The molecule has 1 aliphatic rings. The molecule has 0 aliphatic carbocycles. The number of fused-ring (bicyclic) bond motifs is 1. The smallest absolute Gasteiger partial charge is 0.191 e. The predicted molar refractivity (Wildman–Crippen MR) is 125 cm³/mol. The Morgan fingerprint density at radius 2 is 2.00 bits per heavy atom. The number of benzene rings is 2. The van der Waals surface area contributed by atoms with Gasteiger partial charge in [-0.25, -0.2) is 0 Å². The Morgan fingerprint density at radius 1 is 1.29 bits per heavy atom. The van der Waals surface area contributed by atoms with Gasteiger partial charge in [0.25, 0.3) is 0 Å². The lowest BCUT2D eigenvalue weighted by molar-refractivity contribution is 0.381. The van der Waals surface area contributed by atoms with Crippen LogP contribution in [0.2, 0.25) is 0 Å². The number of nitrogens with one attached hydrogen (secondary N) is 2. The summed E-state index contributed by atoms with van der Waals surface area (Å²) < 4.78 is 0. The Morgan fingerprint density at radius 3 is 2.68 bits per heavy atom. The zero-order chi connectivity index (χ0) is 20.3. The average Bonchev–Trinajstić information content (AvgIpc) is 2.63. The van der Waals surface area contributed by atoms with Gasteiger partial charge < -0.3 is 10.2 Å². The summed E-state index contributed by atoms with van der Waals surface area (Å²) in [4.78, 5) is 2.52. The highest BCUT2D eigenvalue weighted by atomic mass is 32.1. The maximum atomic E-state index is 5.31. The molecule has 2 aromatic rings. The van der Waals surface area contributed by atoms with Crippen molar-refractivity contribution in [3.63, 3.8) is 0 Å². The lowest BCUT2D eigenvalue weighted by Crippen LogP contribution is -2.48. The number of nitrogens with zero attached hydrogens (tertiary/aromatic N) is 2. The van der Waals surface area contributed by atoms with Crippen LogP contribution in [0.3, 0.4) is 0 Å². The van der Waals surface area contributed by atoms with Gasteiger partial charge in [0, 0.05) is 23.5 Å². The molecule has 0 fully saturated rings. The first kappa shape index (κ1) is 20.3. The van der Waals surface area contributed by atoms with Crippen molar-refractivity contribution in [1.82, 2.24) is 5.43 Å². The van der Waals surface area contributed by atoms with E-state index in [0.29, 0.717) is 11.0 Å². The van der Waals surface area contributed by atoms with Gasteiger partial charge in [0.2, 0.25) is 0 Å². The molecule has 1 unspecified atom stereocenters. The van der Waals surface area contributed by atoms with Crippen LogP contribution in [-0.4, -0.2) is 23.4 Å². The van der Waals surface area contributed by atoms with Crippen molar-refractivity contribution >= 4 is 34.9 Å². The van der Waals surface area contributed by atoms with Crippen molar-refractivity contribution in [1.29, 1.82) is 0 Å². The van der Waals surface area contributed by atoms with Gasteiger partial charge in [0.05, 0.1) is 6.21 Å². The van der Waals surface area contributed by atoms with E-state index in [0.717, 1.165) is 24.2 Å². The minimum absolute atomic E-state index is 0.181. The third kappa shape index (κ3) is 4.36. The molecule has 1 heterocycles. The summed E-state index contributed by atoms with van der Waals surface area (Å²) in [6.07, 6.45) is 3.01. The highest BCUT2D eigenvalue weighted by molar-refractivity contribution is 7.80. The fourth-order valence-corrected chi connectivity index (χ4v) is 4.40. The molecular weight excluding hydrogens is 364 g/mol. The number of anilines is 2. The molecule has 0 bridgehead atoms. The topological polar surface area (TPSA) is 39.7 Å². The van der Waals surface area contributed by atoms with Crippen molar-refractivity contribution in [2.45, 2.75) is 52.5 Å². The first-order valence-corrected chi connectivity index (χ1v) is 10.3. The quantitative estimate of drug-likeness (QED) is 0.412. The molecule has 4 nitrogen and oxygen atoms in total. The number of hydrazone groups is 1. The molecule has 0 saturated carbocycles. The van der Waals surface area contributed by atoms with Crippen molar-refractivity contribution in [3.05, 3.63) is 59.2 Å². The molecule has 1 atom stereocenters. The second-order valence-corrected chi connectivity index (χ2v) is 8.53. The number of thiocarbonyl (C=S) groups is 1. The summed E-state index contributed by atoms with van der Waals surface area (Å²) in [5.41, 5.74) is 9.13. The molecule has 28 heavy (non-hydrogen) atoms. The number of hydrogen-bond donors (Lipinski definition) is 2. The van der Waals surface area contributed by atoms with Crippen LogP contribution in [0.4, 0.5) is 11.4 Å². The summed E-state index contributed by atoms with van der Waals surface area (Å²) >= 11 is 5.31. The zero-order valence-electron chi connectivity index (χ0n) is 17.4. The Kier molecular flexibility index (Phi) is 6.04.